The van der Waals surface area contributed by atoms with Crippen molar-refractivity contribution in [2.75, 3.05) is 13.1 Å². The third kappa shape index (κ3) is 5.88. The molecule has 2 heterocycles. The monoisotopic (exact) mass is 586 g/mol. The molecule has 3 aromatic carbocycles. The molecule has 1 fully saturated rings. The molecule has 0 amide bonds. The molecular formula is C31H30N4O4S2. The minimum absolute atomic E-state index is 0.00267. The number of hydrogen-bond acceptors (Lipinski definition) is 6. The number of piperidine rings is 1. The van der Waals surface area contributed by atoms with Crippen LogP contribution in [0.4, 0.5) is 0 Å². The average molecular weight is 587 g/mol. The molecule has 0 saturated carbocycles. The van der Waals surface area contributed by atoms with Crippen LogP contribution in [-0.2, 0) is 19.9 Å². The van der Waals surface area contributed by atoms with Crippen LogP contribution < -0.4 is 0 Å². The summed E-state index contributed by atoms with van der Waals surface area (Å²) >= 11 is 0. The second-order valence-corrected chi connectivity index (χ2v) is 14.3. The number of sulfonamides is 1. The Kier molecular flexibility index (Phi) is 7.95. The van der Waals surface area contributed by atoms with Crippen LogP contribution in [0.5, 0.6) is 0 Å². The van der Waals surface area contributed by atoms with E-state index in [1.807, 2.05) is 36.4 Å². The maximum Gasteiger partial charge on any atom is 0.243 e. The van der Waals surface area contributed by atoms with E-state index >= 15 is 0 Å². The Hall–Kier alpha value is -4.04. The molecule has 1 aliphatic heterocycles. The molecule has 4 aromatic rings. The molecule has 41 heavy (non-hydrogen) atoms. The first kappa shape index (κ1) is 28.5. The summed E-state index contributed by atoms with van der Waals surface area (Å²) in [5.74, 6) is 0.511. The highest BCUT2D eigenvalue weighted by atomic mass is 32.2. The van der Waals surface area contributed by atoms with Gasteiger partial charge < -0.3 is 0 Å². The van der Waals surface area contributed by atoms with Crippen LogP contribution in [0.1, 0.15) is 25.8 Å². The van der Waals surface area contributed by atoms with Gasteiger partial charge in [-0.15, -0.1) is 0 Å². The van der Waals surface area contributed by atoms with Crippen molar-refractivity contribution in [3.63, 3.8) is 0 Å². The van der Waals surface area contributed by atoms with Gasteiger partial charge in [-0.3, -0.25) is 0 Å². The number of benzene rings is 3. The summed E-state index contributed by atoms with van der Waals surface area (Å²) in [6, 6.07) is 25.3. The van der Waals surface area contributed by atoms with E-state index in [4.69, 9.17) is 5.10 Å². The zero-order chi connectivity index (χ0) is 29.2. The molecule has 0 bridgehead atoms. The second kappa shape index (κ2) is 11.4. The van der Waals surface area contributed by atoms with Gasteiger partial charge in [0.25, 0.3) is 0 Å². The van der Waals surface area contributed by atoms with Crippen molar-refractivity contribution >= 4 is 25.9 Å². The molecule has 1 aromatic heterocycles. The fourth-order valence-electron chi connectivity index (χ4n) is 5.22. The summed E-state index contributed by atoms with van der Waals surface area (Å²) in [5.41, 5.74) is 1.92. The largest absolute Gasteiger partial charge is 0.243 e. The Morgan fingerprint density at radius 1 is 0.878 bits per heavy atom. The van der Waals surface area contributed by atoms with Crippen molar-refractivity contribution < 1.29 is 16.8 Å². The standard InChI is InChI=1S/C31H30N4O4S2/c1-23-16-24(2)21-34(20-23)41(38,39)29-15-9-10-25(17-29)31-26(22-35(33-31)27-11-5-3-6-12-27)18-30(19-32)40(36,37)28-13-7-4-8-14-28/h3-15,17-18,22-24H,16,20-21H2,1-2H3/b30-18-. The summed E-state index contributed by atoms with van der Waals surface area (Å²) in [6.07, 6.45) is 3.91. The quantitative estimate of drug-likeness (QED) is 0.263. The number of sulfone groups is 1. The SMILES string of the molecule is CC1CC(C)CN(S(=O)(=O)c2cccc(-c3nn(-c4ccccc4)cc3/C=C(/C#N)S(=O)(=O)c3ccccc3)c2)C1. The molecular weight excluding hydrogens is 556 g/mol. The highest BCUT2D eigenvalue weighted by molar-refractivity contribution is 7.95. The minimum atomic E-state index is -4.10. The predicted molar refractivity (Wildman–Crippen MR) is 158 cm³/mol. The molecule has 10 heteroatoms. The lowest BCUT2D eigenvalue weighted by atomic mass is 9.94. The van der Waals surface area contributed by atoms with Crippen LogP contribution >= 0.6 is 0 Å². The summed E-state index contributed by atoms with van der Waals surface area (Å²) in [7, 11) is -7.87. The van der Waals surface area contributed by atoms with Gasteiger partial charge in [-0.2, -0.15) is 14.7 Å². The lowest BCUT2D eigenvalue weighted by Crippen LogP contribution is -2.42. The molecule has 0 N–H and O–H groups in total. The lowest BCUT2D eigenvalue weighted by Gasteiger charge is -2.34. The number of aromatic nitrogens is 2. The number of nitrogens with zero attached hydrogens (tertiary/aromatic N) is 4. The molecule has 8 nitrogen and oxygen atoms in total. The highest BCUT2D eigenvalue weighted by Crippen LogP contribution is 2.32. The van der Waals surface area contributed by atoms with E-state index in [9.17, 15) is 22.1 Å². The molecule has 2 atom stereocenters. The zero-order valence-corrected chi connectivity index (χ0v) is 24.4. The first-order chi connectivity index (χ1) is 19.6. The van der Waals surface area contributed by atoms with Gasteiger partial charge in [-0.05, 0) is 60.7 Å². The first-order valence-corrected chi connectivity index (χ1v) is 16.2. The van der Waals surface area contributed by atoms with Gasteiger partial charge in [0, 0.05) is 30.4 Å². The average Bonchev–Trinajstić information content (AvgIpc) is 3.40. The summed E-state index contributed by atoms with van der Waals surface area (Å²) in [5, 5.41) is 14.6. The van der Waals surface area contributed by atoms with Gasteiger partial charge in [0.1, 0.15) is 16.7 Å². The maximum absolute atomic E-state index is 13.7. The smallest absolute Gasteiger partial charge is 0.240 e. The number of allylic oxidation sites excluding steroid dienone is 1. The van der Waals surface area contributed by atoms with Gasteiger partial charge in [-0.25, -0.2) is 21.5 Å². The molecule has 5 rings (SSSR count). The predicted octanol–water partition coefficient (Wildman–Crippen LogP) is 5.54. The third-order valence-corrected chi connectivity index (χ3v) is 10.6. The van der Waals surface area contributed by atoms with E-state index in [1.54, 1.807) is 53.3 Å². The molecule has 0 radical (unpaired) electrons. The van der Waals surface area contributed by atoms with Gasteiger partial charge in [0.15, 0.2) is 0 Å². The van der Waals surface area contributed by atoms with Crippen molar-refractivity contribution in [2.45, 2.75) is 30.1 Å². The van der Waals surface area contributed by atoms with E-state index in [1.165, 1.54) is 22.5 Å². The number of hydrogen-bond donors (Lipinski definition) is 0. The lowest BCUT2D eigenvalue weighted by molar-refractivity contribution is 0.222. The zero-order valence-electron chi connectivity index (χ0n) is 22.8. The van der Waals surface area contributed by atoms with Crippen LogP contribution in [0.3, 0.4) is 0 Å². The van der Waals surface area contributed by atoms with Crippen LogP contribution in [0, 0.1) is 23.2 Å². The minimum Gasteiger partial charge on any atom is -0.240 e. The third-order valence-electron chi connectivity index (χ3n) is 7.08. The summed E-state index contributed by atoms with van der Waals surface area (Å²) in [6.45, 7) is 5.02. The molecule has 210 valence electrons. The highest BCUT2D eigenvalue weighted by Gasteiger charge is 2.32. The van der Waals surface area contributed by atoms with Crippen molar-refractivity contribution in [1.29, 1.82) is 5.26 Å². The van der Waals surface area contributed by atoms with Crippen molar-refractivity contribution in [3.05, 3.63) is 102 Å². The van der Waals surface area contributed by atoms with Gasteiger partial charge in [0.05, 0.1) is 15.5 Å². The van der Waals surface area contributed by atoms with Crippen LogP contribution in [-0.4, -0.2) is 44.0 Å². The Bertz CT molecular complexity index is 1830. The Morgan fingerprint density at radius 3 is 2.12 bits per heavy atom. The number of para-hydroxylation sites is 1. The van der Waals surface area contributed by atoms with E-state index < -0.39 is 24.8 Å². The first-order valence-electron chi connectivity index (χ1n) is 13.3. The number of nitriles is 1. The Balaban J connectivity index is 1.63. The second-order valence-electron chi connectivity index (χ2n) is 10.4. The van der Waals surface area contributed by atoms with Crippen LogP contribution in [0.25, 0.3) is 23.0 Å². The topological polar surface area (TPSA) is 113 Å². The van der Waals surface area contributed by atoms with Crippen molar-refractivity contribution in [1.82, 2.24) is 14.1 Å². The summed E-state index contributed by atoms with van der Waals surface area (Å²) in [4.78, 5) is -0.307. The maximum atomic E-state index is 13.7. The van der Waals surface area contributed by atoms with E-state index in [-0.39, 0.29) is 21.6 Å². The van der Waals surface area contributed by atoms with Crippen LogP contribution in [0.15, 0.2) is 106 Å². The summed E-state index contributed by atoms with van der Waals surface area (Å²) < 4.78 is 57.0. The fraction of sp³-hybridized carbons (Fsp3) is 0.226. The van der Waals surface area contributed by atoms with Crippen molar-refractivity contribution in [2.24, 2.45) is 11.8 Å². The van der Waals surface area contributed by atoms with E-state index in [0.29, 0.717) is 29.9 Å². The van der Waals surface area contributed by atoms with Crippen molar-refractivity contribution in [3.8, 4) is 23.0 Å². The Morgan fingerprint density at radius 2 is 1.49 bits per heavy atom. The molecule has 0 aliphatic carbocycles. The number of rotatable bonds is 7. The molecule has 1 aliphatic rings. The van der Waals surface area contributed by atoms with Gasteiger partial charge >= 0.3 is 0 Å². The molecule has 1 saturated heterocycles. The Labute approximate surface area is 241 Å². The normalized spacial score (nSPS) is 18.6. The van der Waals surface area contributed by atoms with Gasteiger partial charge in [0.2, 0.25) is 19.9 Å². The van der Waals surface area contributed by atoms with E-state index in [0.717, 1.165) is 12.1 Å². The van der Waals surface area contributed by atoms with E-state index in [2.05, 4.69) is 13.8 Å². The molecule has 0 spiro atoms. The molecule has 2 unspecified atom stereocenters. The van der Waals surface area contributed by atoms with Gasteiger partial charge in [-0.1, -0.05) is 62.4 Å². The fourth-order valence-corrected chi connectivity index (χ4v) is 8.12. The van der Waals surface area contributed by atoms with Crippen LogP contribution in [0.2, 0.25) is 0 Å².